The number of rotatable bonds is 5. The van der Waals surface area contributed by atoms with E-state index in [1.807, 2.05) is 6.07 Å². The van der Waals surface area contributed by atoms with Crippen molar-refractivity contribution in [3.8, 4) is 0 Å². The van der Waals surface area contributed by atoms with Gasteiger partial charge in [0.25, 0.3) is 0 Å². The van der Waals surface area contributed by atoms with Gasteiger partial charge in [-0.05, 0) is 35.6 Å². The zero-order valence-corrected chi connectivity index (χ0v) is 11.3. The maximum atomic E-state index is 6.01. The van der Waals surface area contributed by atoms with Crippen LogP contribution in [0.5, 0.6) is 0 Å². The maximum Gasteiger partial charge on any atom is 0.144 e. The molecule has 1 N–H and O–H groups in total. The minimum absolute atomic E-state index is 0.642. The van der Waals surface area contributed by atoms with Crippen LogP contribution < -0.4 is 5.32 Å². The largest absolute Gasteiger partial charge is 0.368 e. The number of anilines is 1. The van der Waals surface area contributed by atoms with Crippen LogP contribution in [0.2, 0.25) is 5.02 Å². The number of hydrogen-bond acceptors (Lipinski definition) is 3. The van der Waals surface area contributed by atoms with E-state index >= 15 is 0 Å². The average Bonchev–Trinajstić information content (AvgIpc) is 2.21. The predicted octanol–water partition coefficient (Wildman–Crippen LogP) is 2.86. The molecule has 0 fully saturated rings. The van der Waals surface area contributed by atoms with Crippen molar-refractivity contribution in [2.45, 2.75) is 6.92 Å². The van der Waals surface area contributed by atoms with Crippen molar-refractivity contribution >= 4 is 33.3 Å². The van der Waals surface area contributed by atoms with Gasteiger partial charge in [0.15, 0.2) is 0 Å². The Hall–Kier alpha value is -0.320. The molecule has 3 nitrogen and oxygen atoms in total. The molecule has 0 unspecified atom stereocenters. The second kappa shape index (κ2) is 6.30. The molecule has 0 saturated heterocycles. The Morgan fingerprint density at radius 3 is 2.93 bits per heavy atom. The van der Waals surface area contributed by atoms with Gasteiger partial charge in [0, 0.05) is 23.8 Å². The summed E-state index contributed by atoms with van der Waals surface area (Å²) in [5, 5.41) is 3.84. The van der Waals surface area contributed by atoms with Crippen LogP contribution in [0.1, 0.15) is 6.92 Å². The number of aromatic nitrogens is 1. The Labute approximate surface area is 104 Å². The van der Waals surface area contributed by atoms with Crippen LogP contribution >= 0.6 is 27.5 Å². The van der Waals surface area contributed by atoms with Crippen molar-refractivity contribution < 1.29 is 0 Å². The average molecular weight is 293 g/mol. The molecule has 0 amide bonds. The number of likely N-dealkylation sites (N-methyl/N-ethyl adjacent to an activating group) is 1. The Morgan fingerprint density at radius 1 is 1.60 bits per heavy atom. The van der Waals surface area contributed by atoms with Crippen LogP contribution in [0.3, 0.4) is 0 Å². The van der Waals surface area contributed by atoms with Crippen molar-refractivity contribution in [2.24, 2.45) is 0 Å². The van der Waals surface area contributed by atoms with E-state index in [1.165, 1.54) is 0 Å². The zero-order valence-electron chi connectivity index (χ0n) is 8.93. The molecule has 0 aliphatic heterocycles. The van der Waals surface area contributed by atoms with E-state index in [-0.39, 0.29) is 0 Å². The molecule has 1 aromatic rings. The Morgan fingerprint density at radius 2 is 2.33 bits per heavy atom. The van der Waals surface area contributed by atoms with Crippen molar-refractivity contribution in [1.29, 1.82) is 0 Å². The summed E-state index contributed by atoms with van der Waals surface area (Å²) in [5.74, 6) is 0.740. The lowest BCUT2D eigenvalue weighted by Gasteiger charge is -2.14. The first kappa shape index (κ1) is 12.7. The molecule has 0 aliphatic rings. The number of halogens is 2. The molecule has 0 bridgehead atoms. The fourth-order valence-corrected chi connectivity index (χ4v) is 1.76. The van der Waals surface area contributed by atoms with Gasteiger partial charge < -0.3 is 10.2 Å². The molecule has 1 aromatic heterocycles. The zero-order chi connectivity index (χ0) is 11.3. The first-order valence-corrected chi connectivity index (χ1v) is 6.04. The van der Waals surface area contributed by atoms with Crippen molar-refractivity contribution in [3.05, 3.63) is 21.8 Å². The summed E-state index contributed by atoms with van der Waals surface area (Å²) in [6.45, 7) is 5.00. The van der Waals surface area contributed by atoms with Crippen LogP contribution in [0.25, 0.3) is 0 Å². The lowest BCUT2D eigenvalue weighted by Crippen LogP contribution is -2.25. The minimum atomic E-state index is 0.642. The molecule has 84 valence electrons. The molecule has 0 aliphatic carbocycles. The van der Waals surface area contributed by atoms with Gasteiger partial charge in [0.1, 0.15) is 5.82 Å². The van der Waals surface area contributed by atoms with Gasteiger partial charge >= 0.3 is 0 Å². The van der Waals surface area contributed by atoms with Crippen LogP contribution in [0.15, 0.2) is 16.7 Å². The highest BCUT2D eigenvalue weighted by atomic mass is 79.9. The highest BCUT2D eigenvalue weighted by Gasteiger charge is 2.02. The summed E-state index contributed by atoms with van der Waals surface area (Å²) in [4.78, 5) is 6.41. The van der Waals surface area contributed by atoms with Gasteiger partial charge in [-0.1, -0.05) is 18.5 Å². The van der Waals surface area contributed by atoms with Crippen LogP contribution in [0, 0.1) is 0 Å². The molecule has 1 heterocycles. The monoisotopic (exact) mass is 291 g/mol. The fourth-order valence-electron chi connectivity index (χ4n) is 1.07. The highest BCUT2D eigenvalue weighted by Crippen LogP contribution is 2.22. The third kappa shape index (κ3) is 4.36. The van der Waals surface area contributed by atoms with E-state index in [0.717, 1.165) is 29.9 Å². The standard InChI is InChI=1S/C10H15BrClN3/c1-3-15(2)5-4-13-10-9(12)6-8(11)7-14-10/h6-7H,3-5H2,1-2H3,(H,13,14). The second-order valence-electron chi connectivity index (χ2n) is 3.31. The highest BCUT2D eigenvalue weighted by molar-refractivity contribution is 9.10. The first-order chi connectivity index (χ1) is 7.13. The molecule has 0 spiro atoms. The Balaban J connectivity index is 2.44. The van der Waals surface area contributed by atoms with E-state index in [9.17, 15) is 0 Å². The predicted molar refractivity (Wildman–Crippen MR) is 68.6 cm³/mol. The molecule has 15 heavy (non-hydrogen) atoms. The normalized spacial score (nSPS) is 10.7. The van der Waals surface area contributed by atoms with E-state index < -0.39 is 0 Å². The number of nitrogens with one attached hydrogen (secondary N) is 1. The summed E-state index contributed by atoms with van der Waals surface area (Å²) in [5.41, 5.74) is 0. The van der Waals surface area contributed by atoms with Crippen molar-refractivity contribution in [1.82, 2.24) is 9.88 Å². The summed E-state index contributed by atoms with van der Waals surface area (Å²) < 4.78 is 0.892. The summed E-state index contributed by atoms with van der Waals surface area (Å²) in [6, 6.07) is 1.83. The lowest BCUT2D eigenvalue weighted by atomic mass is 10.4. The third-order valence-corrected chi connectivity index (χ3v) is 2.86. The van der Waals surface area contributed by atoms with Gasteiger partial charge in [-0.2, -0.15) is 0 Å². The SMILES string of the molecule is CCN(C)CCNc1ncc(Br)cc1Cl. The molecule has 0 atom stereocenters. The van der Waals surface area contributed by atoms with Crippen LogP contribution in [0.4, 0.5) is 5.82 Å². The van der Waals surface area contributed by atoms with Gasteiger partial charge in [-0.15, -0.1) is 0 Å². The summed E-state index contributed by atoms with van der Waals surface area (Å²) in [6.07, 6.45) is 1.73. The molecular weight excluding hydrogens is 277 g/mol. The van der Waals surface area contributed by atoms with E-state index in [2.05, 4.69) is 45.1 Å². The summed E-state index contributed by atoms with van der Waals surface area (Å²) in [7, 11) is 2.08. The van der Waals surface area contributed by atoms with E-state index in [0.29, 0.717) is 5.02 Å². The molecule has 0 saturated carbocycles. The van der Waals surface area contributed by atoms with E-state index in [1.54, 1.807) is 6.20 Å². The smallest absolute Gasteiger partial charge is 0.144 e. The topological polar surface area (TPSA) is 28.2 Å². The van der Waals surface area contributed by atoms with Crippen LogP contribution in [-0.2, 0) is 0 Å². The quantitative estimate of drug-likeness (QED) is 0.904. The van der Waals surface area contributed by atoms with Gasteiger partial charge in [0.2, 0.25) is 0 Å². The maximum absolute atomic E-state index is 6.01. The third-order valence-electron chi connectivity index (χ3n) is 2.13. The van der Waals surface area contributed by atoms with Crippen molar-refractivity contribution in [2.75, 3.05) is 32.0 Å². The minimum Gasteiger partial charge on any atom is -0.368 e. The summed E-state index contributed by atoms with van der Waals surface area (Å²) >= 11 is 9.33. The van der Waals surface area contributed by atoms with Gasteiger partial charge in [-0.25, -0.2) is 4.98 Å². The second-order valence-corrected chi connectivity index (χ2v) is 4.63. The van der Waals surface area contributed by atoms with Gasteiger partial charge in [0.05, 0.1) is 5.02 Å². The van der Waals surface area contributed by atoms with Crippen LogP contribution in [-0.4, -0.2) is 36.6 Å². The number of nitrogens with zero attached hydrogens (tertiary/aromatic N) is 2. The number of hydrogen-bond donors (Lipinski definition) is 1. The number of pyridine rings is 1. The Kier molecular flexibility index (Phi) is 5.36. The fraction of sp³-hybridized carbons (Fsp3) is 0.500. The lowest BCUT2D eigenvalue weighted by molar-refractivity contribution is 0.367. The molecule has 0 radical (unpaired) electrons. The van der Waals surface area contributed by atoms with E-state index in [4.69, 9.17) is 11.6 Å². The first-order valence-electron chi connectivity index (χ1n) is 4.87. The Bertz CT molecular complexity index is 320. The molecule has 5 heteroatoms. The molecule has 1 rings (SSSR count). The van der Waals surface area contributed by atoms with Crippen molar-refractivity contribution in [3.63, 3.8) is 0 Å². The van der Waals surface area contributed by atoms with Gasteiger partial charge in [-0.3, -0.25) is 0 Å². The molecular formula is C10H15BrClN3. The molecule has 0 aromatic carbocycles.